The van der Waals surface area contributed by atoms with Gasteiger partial charge in [0.05, 0.1) is 15.4 Å². The molecule has 2 amide bonds. The predicted molar refractivity (Wildman–Crippen MR) is 119 cm³/mol. The predicted octanol–water partition coefficient (Wildman–Crippen LogP) is 5.06. The lowest BCUT2D eigenvalue weighted by molar-refractivity contribution is 0.0956. The second-order valence-electron chi connectivity index (χ2n) is 7.01. The number of hydrogen-bond donors (Lipinski definition) is 2. The number of nitrogens with one attached hydrogen (secondary N) is 2. The Morgan fingerprint density at radius 1 is 1.07 bits per heavy atom. The van der Waals surface area contributed by atoms with Crippen molar-refractivity contribution in [2.24, 2.45) is 0 Å². The van der Waals surface area contributed by atoms with E-state index in [1.807, 2.05) is 44.2 Å². The molecule has 4 rings (SSSR count). The van der Waals surface area contributed by atoms with E-state index in [0.717, 1.165) is 46.7 Å². The highest BCUT2D eigenvalue weighted by Crippen LogP contribution is 2.39. The van der Waals surface area contributed by atoms with E-state index in [2.05, 4.69) is 15.6 Å². The fourth-order valence-corrected chi connectivity index (χ4v) is 5.87. The molecule has 29 heavy (non-hydrogen) atoms. The highest BCUT2D eigenvalue weighted by molar-refractivity contribution is 7.17. The fraction of sp³-hybridized carbons (Fsp3) is 0.318. The Balaban J connectivity index is 1.70. The number of carbonyl (C=O) groups excluding carboxylic acids is 2. The molecule has 3 aromatic rings. The molecule has 2 aromatic heterocycles. The molecule has 2 N–H and O–H groups in total. The lowest BCUT2D eigenvalue weighted by Crippen LogP contribution is -2.25. The smallest absolute Gasteiger partial charge is 0.276 e. The van der Waals surface area contributed by atoms with Crippen molar-refractivity contribution in [2.75, 3.05) is 11.9 Å². The number of carbonyl (C=O) groups is 2. The number of nitrogens with zero attached hydrogens (tertiary/aromatic N) is 1. The lowest BCUT2D eigenvalue weighted by Gasteiger charge is -2.12. The molecule has 0 unspecified atom stereocenters. The third-order valence-electron chi connectivity index (χ3n) is 4.95. The zero-order valence-electron chi connectivity index (χ0n) is 16.5. The van der Waals surface area contributed by atoms with Crippen molar-refractivity contribution in [1.29, 1.82) is 0 Å². The Morgan fingerprint density at radius 2 is 1.83 bits per heavy atom. The molecule has 5 nitrogen and oxygen atoms in total. The van der Waals surface area contributed by atoms with Gasteiger partial charge in [-0.15, -0.1) is 22.7 Å². The number of aromatic nitrogens is 1. The molecule has 1 aliphatic carbocycles. The maximum atomic E-state index is 13.2. The van der Waals surface area contributed by atoms with E-state index < -0.39 is 0 Å². The number of thiophene rings is 1. The monoisotopic (exact) mass is 425 g/mol. The van der Waals surface area contributed by atoms with Gasteiger partial charge in [0, 0.05) is 11.4 Å². The lowest BCUT2D eigenvalue weighted by atomic mass is 9.95. The van der Waals surface area contributed by atoms with E-state index in [4.69, 9.17) is 0 Å². The topological polar surface area (TPSA) is 71.1 Å². The summed E-state index contributed by atoms with van der Waals surface area (Å²) >= 11 is 3.03. The Morgan fingerprint density at radius 3 is 2.59 bits per heavy atom. The largest absolute Gasteiger partial charge is 0.352 e. The molecule has 0 aliphatic heterocycles. The minimum Gasteiger partial charge on any atom is -0.352 e. The average molecular weight is 426 g/mol. The first-order valence-electron chi connectivity index (χ1n) is 9.85. The van der Waals surface area contributed by atoms with Gasteiger partial charge in [-0.2, -0.15) is 0 Å². The first kappa shape index (κ1) is 19.8. The van der Waals surface area contributed by atoms with Crippen LogP contribution in [0.4, 0.5) is 5.00 Å². The van der Waals surface area contributed by atoms with Crippen molar-refractivity contribution in [3.8, 4) is 10.4 Å². The van der Waals surface area contributed by atoms with Crippen molar-refractivity contribution in [3.05, 3.63) is 57.0 Å². The van der Waals surface area contributed by atoms with Crippen LogP contribution in [-0.4, -0.2) is 23.3 Å². The molecule has 0 atom stereocenters. The summed E-state index contributed by atoms with van der Waals surface area (Å²) < 4.78 is 0. The quantitative estimate of drug-likeness (QED) is 0.600. The number of rotatable bonds is 5. The maximum absolute atomic E-state index is 13.2. The summed E-state index contributed by atoms with van der Waals surface area (Å²) in [5, 5.41) is 7.38. The Kier molecular flexibility index (Phi) is 5.78. The van der Waals surface area contributed by atoms with Gasteiger partial charge in [-0.25, -0.2) is 4.98 Å². The van der Waals surface area contributed by atoms with Gasteiger partial charge in [0.2, 0.25) is 0 Å². The zero-order chi connectivity index (χ0) is 20.4. The van der Waals surface area contributed by atoms with E-state index >= 15 is 0 Å². The van der Waals surface area contributed by atoms with Gasteiger partial charge in [-0.1, -0.05) is 30.3 Å². The number of thiazole rings is 1. The van der Waals surface area contributed by atoms with Crippen molar-refractivity contribution < 1.29 is 9.59 Å². The molecule has 1 aromatic carbocycles. The van der Waals surface area contributed by atoms with Crippen LogP contribution in [0.1, 0.15) is 56.1 Å². The fourth-order valence-electron chi connectivity index (χ4n) is 3.67. The van der Waals surface area contributed by atoms with Gasteiger partial charge >= 0.3 is 0 Å². The summed E-state index contributed by atoms with van der Waals surface area (Å²) in [4.78, 5) is 32.5. The third-order valence-corrected chi connectivity index (χ3v) is 7.18. The molecule has 0 radical (unpaired) electrons. The Hall–Kier alpha value is -2.51. The van der Waals surface area contributed by atoms with Gasteiger partial charge < -0.3 is 10.6 Å². The van der Waals surface area contributed by atoms with Crippen molar-refractivity contribution in [3.63, 3.8) is 0 Å². The number of anilines is 1. The number of benzene rings is 1. The third kappa shape index (κ3) is 3.97. The number of aryl methyl sites for hydroxylation is 2. The van der Waals surface area contributed by atoms with E-state index in [1.165, 1.54) is 27.6 Å². The molecule has 2 heterocycles. The van der Waals surface area contributed by atoms with Crippen LogP contribution in [0.5, 0.6) is 0 Å². The van der Waals surface area contributed by atoms with Crippen LogP contribution in [0.2, 0.25) is 0 Å². The van der Waals surface area contributed by atoms with Crippen LogP contribution in [0, 0.1) is 6.92 Å². The van der Waals surface area contributed by atoms with Gasteiger partial charge in [0.25, 0.3) is 11.8 Å². The first-order valence-corrected chi connectivity index (χ1v) is 11.5. The SMILES string of the molecule is CCNC(=O)c1c(NC(=O)c2nc(C)sc2-c2ccccc2)sc2c1CCCC2. The standard InChI is InChI=1S/C22H23N3O2S2/c1-3-23-20(26)17-15-11-7-8-12-16(15)29-22(17)25-21(27)18-19(28-13(2)24-18)14-9-5-4-6-10-14/h4-6,9-10H,3,7-8,11-12H2,1-2H3,(H,23,26)(H,25,27). The highest BCUT2D eigenvalue weighted by atomic mass is 32.1. The highest BCUT2D eigenvalue weighted by Gasteiger charge is 2.27. The number of amides is 2. The summed E-state index contributed by atoms with van der Waals surface area (Å²) in [5.41, 5.74) is 3.11. The van der Waals surface area contributed by atoms with Crippen molar-refractivity contribution >= 4 is 39.5 Å². The molecule has 0 spiro atoms. The Labute approximate surface area is 178 Å². The summed E-state index contributed by atoms with van der Waals surface area (Å²) in [5.74, 6) is -0.378. The summed E-state index contributed by atoms with van der Waals surface area (Å²) in [6.07, 6.45) is 4.05. The molecular formula is C22H23N3O2S2. The van der Waals surface area contributed by atoms with Crippen LogP contribution in [-0.2, 0) is 12.8 Å². The maximum Gasteiger partial charge on any atom is 0.276 e. The minimum atomic E-state index is -0.266. The molecule has 7 heteroatoms. The second kappa shape index (κ2) is 8.47. The summed E-state index contributed by atoms with van der Waals surface area (Å²) in [6, 6.07) is 9.81. The van der Waals surface area contributed by atoms with Crippen LogP contribution in [0.3, 0.4) is 0 Å². The first-order chi connectivity index (χ1) is 14.1. The van der Waals surface area contributed by atoms with E-state index in [-0.39, 0.29) is 11.8 Å². The summed E-state index contributed by atoms with van der Waals surface area (Å²) in [6.45, 7) is 4.36. The Bertz CT molecular complexity index is 1050. The normalized spacial score (nSPS) is 13.0. The average Bonchev–Trinajstić information content (AvgIpc) is 3.29. The van der Waals surface area contributed by atoms with E-state index in [1.54, 1.807) is 0 Å². The van der Waals surface area contributed by atoms with Crippen molar-refractivity contribution in [2.45, 2.75) is 39.5 Å². The molecule has 150 valence electrons. The van der Waals surface area contributed by atoms with E-state index in [0.29, 0.717) is 22.8 Å². The van der Waals surface area contributed by atoms with E-state index in [9.17, 15) is 9.59 Å². The number of hydrogen-bond acceptors (Lipinski definition) is 5. The minimum absolute atomic E-state index is 0.111. The second-order valence-corrected chi connectivity index (χ2v) is 9.31. The molecular weight excluding hydrogens is 402 g/mol. The molecule has 1 aliphatic rings. The van der Waals surface area contributed by atoms with Crippen LogP contribution >= 0.6 is 22.7 Å². The molecule has 0 saturated heterocycles. The molecule has 0 fully saturated rings. The molecule has 0 bridgehead atoms. The summed E-state index contributed by atoms with van der Waals surface area (Å²) in [7, 11) is 0. The van der Waals surface area contributed by atoms with Crippen LogP contribution in [0.15, 0.2) is 30.3 Å². The van der Waals surface area contributed by atoms with Gasteiger partial charge in [0.1, 0.15) is 10.7 Å². The van der Waals surface area contributed by atoms with Gasteiger partial charge in [-0.05, 0) is 50.7 Å². The van der Waals surface area contributed by atoms with Crippen LogP contribution < -0.4 is 10.6 Å². The molecule has 0 saturated carbocycles. The number of fused-ring (bicyclic) bond motifs is 1. The van der Waals surface area contributed by atoms with Crippen LogP contribution in [0.25, 0.3) is 10.4 Å². The zero-order valence-corrected chi connectivity index (χ0v) is 18.1. The van der Waals surface area contributed by atoms with Crippen molar-refractivity contribution in [1.82, 2.24) is 10.3 Å². The van der Waals surface area contributed by atoms with Gasteiger partial charge in [-0.3, -0.25) is 9.59 Å². The van der Waals surface area contributed by atoms with Gasteiger partial charge in [0.15, 0.2) is 0 Å².